The molecule has 0 spiro atoms. The quantitative estimate of drug-likeness (QED) is 0.623. The number of amides is 1. The number of para-hydroxylation sites is 1. The topological polar surface area (TPSA) is 81.5 Å². The van der Waals surface area contributed by atoms with Crippen molar-refractivity contribution in [1.82, 2.24) is 9.78 Å². The van der Waals surface area contributed by atoms with Gasteiger partial charge in [-0.15, -0.1) is 0 Å². The number of hydrogen-bond donors (Lipinski definition) is 0. The molecule has 0 unspecified atom stereocenters. The first-order valence-corrected chi connectivity index (χ1v) is 9.92. The minimum atomic E-state index is -0.926. The molecule has 7 nitrogen and oxygen atoms in total. The van der Waals surface area contributed by atoms with Crippen LogP contribution in [-0.4, -0.2) is 33.8 Å². The van der Waals surface area contributed by atoms with Gasteiger partial charge >= 0.3 is 5.97 Å². The van der Waals surface area contributed by atoms with Gasteiger partial charge in [-0.05, 0) is 38.0 Å². The summed E-state index contributed by atoms with van der Waals surface area (Å²) in [6.45, 7) is 3.56. The maximum absolute atomic E-state index is 13.0. The van der Waals surface area contributed by atoms with Crippen LogP contribution < -0.4 is 10.5 Å². The summed E-state index contributed by atoms with van der Waals surface area (Å²) >= 11 is 0. The Bertz CT molecular complexity index is 1200. The first-order valence-electron chi connectivity index (χ1n) is 9.92. The number of anilines is 1. The van der Waals surface area contributed by atoms with Gasteiger partial charge in [0.05, 0.1) is 17.5 Å². The third-order valence-corrected chi connectivity index (χ3v) is 5.45. The van der Waals surface area contributed by atoms with E-state index >= 15 is 0 Å². The minimum absolute atomic E-state index is 0.00492. The lowest BCUT2D eigenvalue weighted by Crippen LogP contribution is -2.43. The van der Waals surface area contributed by atoms with Gasteiger partial charge in [-0.3, -0.25) is 14.4 Å². The molecule has 0 N–H and O–H groups in total. The van der Waals surface area contributed by atoms with E-state index in [1.807, 2.05) is 31.2 Å². The number of rotatable bonds is 4. The van der Waals surface area contributed by atoms with Gasteiger partial charge in [0.25, 0.3) is 11.5 Å². The highest BCUT2D eigenvalue weighted by molar-refractivity contribution is 6.00. The van der Waals surface area contributed by atoms with E-state index in [4.69, 9.17) is 4.74 Å². The predicted molar refractivity (Wildman–Crippen MR) is 113 cm³/mol. The summed E-state index contributed by atoms with van der Waals surface area (Å²) in [6.07, 6.45) is -0.278. The highest BCUT2D eigenvalue weighted by Gasteiger charge is 2.34. The maximum Gasteiger partial charge on any atom is 0.312 e. The van der Waals surface area contributed by atoms with Crippen LogP contribution in [0.15, 0.2) is 53.3 Å². The molecule has 0 fully saturated rings. The molecule has 7 heteroatoms. The molecule has 0 saturated heterocycles. The molecule has 0 aliphatic carbocycles. The van der Waals surface area contributed by atoms with Crippen LogP contribution in [0.3, 0.4) is 0 Å². The van der Waals surface area contributed by atoms with E-state index in [0.29, 0.717) is 16.5 Å². The lowest BCUT2D eigenvalue weighted by molar-refractivity contribution is -0.153. The third-order valence-electron chi connectivity index (χ3n) is 5.45. The van der Waals surface area contributed by atoms with Crippen LogP contribution in [0.25, 0.3) is 10.8 Å². The van der Waals surface area contributed by atoms with E-state index in [2.05, 4.69) is 5.10 Å². The highest BCUT2D eigenvalue weighted by Crippen LogP contribution is 2.32. The summed E-state index contributed by atoms with van der Waals surface area (Å²) in [5.41, 5.74) is 2.19. The molecule has 1 amide bonds. The Morgan fingerprint density at radius 2 is 1.80 bits per heavy atom. The SMILES string of the molecule is C[C@@H]1Cc2ccccc2N1C(=O)[C@@H](C)OC(=O)Cc1nn(C)c(=O)c2ccccc12. The summed E-state index contributed by atoms with van der Waals surface area (Å²) in [6, 6.07) is 14.8. The predicted octanol–water partition coefficient (Wildman–Crippen LogP) is 2.39. The second-order valence-electron chi connectivity index (χ2n) is 7.62. The first-order chi connectivity index (χ1) is 14.4. The van der Waals surface area contributed by atoms with Crippen molar-refractivity contribution in [3.8, 4) is 0 Å². The van der Waals surface area contributed by atoms with Crippen molar-refractivity contribution in [3.63, 3.8) is 0 Å². The van der Waals surface area contributed by atoms with Gasteiger partial charge in [0.1, 0.15) is 0 Å². The molecule has 3 aromatic rings. The van der Waals surface area contributed by atoms with Crippen LogP contribution in [-0.2, 0) is 34.2 Å². The Morgan fingerprint density at radius 3 is 2.57 bits per heavy atom. The number of esters is 1. The van der Waals surface area contributed by atoms with E-state index in [1.54, 1.807) is 43.1 Å². The molecular weight excluding hydrogens is 382 g/mol. The van der Waals surface area contributed by atoms with Gasteiger partial charge in [0.2, 0.25) is 0 Å². The highest BCUT2D eigenvalue weighted by atomic mass is 16.5. The number of nitrogens with zero attached hydrogens (tertiary/aromatic N) is 3. The summed E-state index contributed by atoms with van der Waals surface area (Å²) in [5.74, 6) is -0.814. The van der Waals surface area contributed by atoms with E-state index in [0.717, 1.165) is 17.7 Å². The average molecular weight is 405 g/mol. The second-order valence-corrected chi connectivity index (χ2v) is 7.62. The molecule has 154 valence electrons. The summed E-state index contributed by atoms with van der Waals surface area (Å²) in [5, 5.41) is 5.32. The zero-order valence-corrected chi connectivity index (χ0v) is 17.2. The summed E-state index contributed by atoms with van der Waals surface area (Å²) in [7, 11) is 1.54. The number of aromatic nitrogens is 2. The van der Waals surface area contributed by atoms with Crippen molar-refractivity contribution in [1.29, 1.82) is 0 Å². The lowest BCUT2D eigenvalue weighted by atomic mass is 10.1. The number of benzene rings is 2. The zero-order chi connectivity index (χ0) is 21.4. The molecule has 2 aromatic carbocycles. The van der Waals surface area contributed by atoms with E-state index < -0.39 is 12.1 Å². The third kappa shape index (κ3) is 3.47. The van der Waals surface area contributed by atoms with Crippen molar-refractivity contribution >= 4 is 28.3 Å². The van der Waals surface area contributed by atoms with Gasteiger partial charge in [0.15, 0.2) is 6.10 Å². The average Bonchev–Trinajstić information content (AvgIpc) is 3.06. The normalized spacial score (nSPS) is 16.4. The molecule has 1 aliphatic heterocycles. The molecule has 2 atom stereocenters. The number of hydrogen-bond acceptors (Lipinski definition) is 5. The largest absolute Gasteiger partial charge is 0.452 e. The smallest absolute Gasteiger partial charge is 0.312 e. The fraction of sp³-hybridized carbons (Fsp3) is 0.304. The molecular formula is C23H23N3O4. The van der Waals surface area contributed by atoms with Crippen LogP contribution >= 0.6 is 0 Å². The van der Waals surface area contributed by atoms with E-state index in [9.17, 15) is 14.4 Å². The van der Waals surface area contributed by atoms with Crippen molar-refractivity contribution in [2.45, 2.75) is 38.8 Å². The number of aryl methyl sites for hydroxylation is 1. The van der Waals surface area contributed by atoms with Gasteiger partial charge < -0.3 is 9.64 Å². The molecule has 0 bridgehead atoms. The maximum atomic E-state index is 13.0. The van der Waals surface area contributed by atoms with E-state index in [1.165, 1.54) is 4.68 Å². The van der Waals surface area contributed by atoms with Crippen LogP contribution in [0.4, 0.5) is 5.69 Å². The zero-order valence-electron chi connectivity index (χ0n) is 17.2. The fourth-order valence-corrected chi connectivity index (χ4v) is 4.03. The van der Waals surface area contributed by atoms with Gasteiger partial charge in [-0.25, -0.2) is 4.68 Å². The Morgan fingerprint density at radius 1 is 1.13 bits per heavy atom. The number of carbonyl (C=O) groups is 2. The molecule has 1 aromatic heterocycles. The van der Waals surface area contributed by atoms with Crippen LogP contribution in [0, 0.1) is 0 Å². The van der Waals surface area contributed by atoms with Crippen molar-refractivity contribution in [3.05, 3.63) is 70.1 Å². The molecule has 30 heavy (non-hydrogen) atoms. The minimum Gasteiger partial charge on any atom is -0.452 e. The molecule has 4 rings (SSSR count). The van der Waals surface area contributed by atoms with E-state index in [-0.39, 0.29) is 23.9 Å². The monoisotopic (exact) mass is 405 g/mol. The summed E-state index contributed by atoms with van der Waals surface area (Å²) in [4.78, 5) is 39.5. The van der Waals surface area contributed by atoms with Gasteiger partial charge in [-0.1, -0.05) is 36.4 Å². The van der Waals surface area contributed by atoms with Gasteiger partial charge in [-0.2, -0.15) is 5.10 Å². The number of fused-ring (bicyclic) bond motifs is 2. The Hall–Kier alpha value is -3.48. The number of ether oxygens (including phenoxy) is 1. The van der Waals surface area contributed by atoms with Crippen LogP contribution in [0.2, 0.25) is 0 Å². The lowest BCUT2D eigenvalue weighted by Gasteiger charge is -2.26. The Balaban J connectivity index is 1.51. The number of carbonyl (C=O) groups excluding carboxylic acids is 2. The van der Waals surface area contributed by atoms with Crippen molar-refractivity contribution < 1.29 is 14.3 Å². The molecule has 0 saturated carbocycles. The summed E-state index contributed by atoms with van der Waals surface area (Å²) < 4.78 is 6.66. The van der Waals surface area contributed by atoms with Crippen LogP contribution in [0.5, 0.6) is 0 Å². The Kier molecular flexibility index (Phi) is 5.11. The van der Waals surface area contributed by atoms with Gasteiger partial charge in [0, 0.05) is 24.2 Å². The van der Waals surface area contributed by atoms with Crippen molar-refractivity contribution in [2.24, 2.45) is 7.05 Å². The molecule has 2 heterocycles. The fourth-order valence-electron chi connectivity index (χ4n) is 4.03. The van der Waals surface area contributed by atoms with Crippen LogP contribution in [0.1, 0.15) is 25.1 Å². The second kappa shape index (κ2) is 7.74. The standard InChI is InChI=1S/C23H23N3O4/c1-14-12-16-8-4-7-11-20(16)26(14)22(28)15(2)30-21(27)13-19-17-9-5-6-10-18(17)23(29)25(3)24-19/h4-11,14-15H,12-13H2,1-3H3/t14-,15-/m1/s1. The molecule has 1 aliphatic rings. The Labute approximate surface area is 173 Å². The molecule has 0 radical (unpaired) electrons. The van der Waals surface area contributed by atoms with Crippen molar-refractivity contribution in [2.75, 3.05) is 4.90 Å². The first kappa shape index (κ1) is 19.8.